The van der Waals surface area contributed by atoms with Crippen LogP contribution >= 0.6 is 0 Å². The number of unbranched alkanes of at least 4 members (excludes halogenated alkanes) is 22. The van der Waals surface area contributed by atoms with Crippen molar-refractivity contribution < 1.29 is 33.8 Å². The molecule has 4 heteroatoms. The van der Waals surface area contributed by atoms with Crippen LogP contribution in [0, 0.1) is 0 Å². The minimum atomic E-state index is 0. The van der Waals surface area contributed by atoms with Crippen LogP contribution in [-0.2, 0) is 0 Å². The number of rotatable bonds is 30. The molecule has 39 heavy (non-hydrogen) atoms. The molecule has 0 aliphatic rings. The second-order valence-electron chi connectivity index (χ2n) is 13.9. The number of hydrogen-bond donors (Lipinski definition) is 0. The normalized spacial score (nSPS) is 11.8. The Balaban J connectivity index is -0.00000648. The molecule has 240 valence electrons. The van der Waals surface area contributed by atoms with Gasteiger partial charge in [0.1, 0.15) is 0 Å². The molecule has 0 atom stereocenters. The first kappa shape index (κ1) is 43.9. The van der Waals surface area contributed by atoms with Crippen LogP contribution in [0.15, 0.2) is 0 Å². The van der Waals surface area contributed by atoms with Gasteiger partial charge in [0.15, 0.2) is 0 Å². The van der Waals surface area contributed by atoms with E-state index in [0.717, 1.165) is 0 Å². The summed E-state index contributed by atoms with van der Waals surface area (Å²) in [6.45, 7) is 10.0. The van der Waals surface area contributed by atoms with Gasteiger partial charge in [0.25, 0.3) is 0 Å². The largest absolute Gasteiger partial charge is 1.00 e. The monoisotopic (exact) mass is 595 g/mol. The van der Waals surface area contributed by atoms with E-state index in [9.17, 15) is 0 Å². The zero-order valence-corrected chi connectivity index (χ0v) is 29.7. The lowest BCUT2D eigenvalue weighted by Crippen LogP contribution is -3.00. The zero-order chi connectivity index (χ0) is 27.5. The Labute approximate surface area is 261 Å². The maximum Gasteiger partial charge on any atom is 0.0836 e. The van der Waals surface area contributed by atoms with E-state index in [1.54, 1.807) is 0 Å². The van der Waals surface area contributed by atoms with Crippen LogP contribution in [0.25, 0.3) is 0 Å². The molecule has 0 radical (unpaired) electrons. The summed E-state index contributed by atoms with van der Waals surface area (Å²) in [6.07, 6.45) is 36.2. The lowest BCUT2D eigenvalue weighted by atomic mass is 10.0. The second-order valence-corrected chi connectivity index (χ2v) is 13.9. The molecule has 0 saturated carbocycles. The van der Waals surface area contributed by atoms with Crippen LogP contribution in [0.3, 0.4) is 0 Å². The highest BCUT2D eigenvalue weighted by Gasteiger charge is 2.19. The molecule has 0 unspecified atom stereocenters. The highest BCUT2D eigenvalue weighted by molar-refractivity contribution is 4.51. The predicted molar refractivity (Wildman–Crippen MR) is 170 cm³/mol. The van der Waals surface area contributed by atoms with E-state index < -0.39 is 0 Å². The van der Waals surface area contributed by atoms with E-state index in [2.05, 4.69) is 42.0 Å². The maximum atomic E-state index is 2.46. The lowest BCUT2D eigenvalue weighted by Gasteiger charge is -2.33. The molecule has 0 aliphatic carbocycles. The standard InChI is InChI=1S/C35H76N2.2ClH/c1-7-9-11-13-15-17-19-21-23-25-27-29-32-36(3,4)34-31-35-37(5,6)33-30-28-26-24-22-20-18-16-14-12-10-8-2;;/h7-35H2,1-6H3;2*1H/q+2;;/p-2. The summed E-state index contributed by atoms with van der Waals surface area (Å²) >= 11 is 0. The van der Waals surface area contributed by atoms with Crippen LogP contribution in [0.1, 0.15) is 174 Å². The summed E-state index contributed by atoms with van der Waals surface area (Å²) in [4.78, 5) is 0. The first-order valence-corrected chi connectivity index (χ1v) is 17.5. The van der Waals surface area contributed by atoms with Gasteiger partial charge in [-0.05, 0) is 25.7 Å². The van der Waals surface area contributed by atoms with Gasteiger partial charge in [-0.15, -0.1) is 0 Å². The number of hydrogen-bond acceptors (Lipinski definition) is 0. The van der Waals surface area contributed by atoms with Crippen molar-refractivity contribution in [2.45, 2.75) is 174 Å². The van der Waals surface area contributed by atoms with Gasteiger partial charge in [0, 0.05) is 6.42 Å². The van der Waals surface area contributed by atoms with Gasteiger partial charge in [-0.25, -0.2) is 0 Å². The summed E-state index contributed by atoms with van der Waals surface area (Å²) in [5.74, 6) is 0. The van der Waals surface area contributed by atoms with E-state index in [1.807, 2.05) is 0 Å². The third-order valence-electron chi connectivity index (χ3n) is 8.76. The van der Waals surface area contributed by atoms with Crippen LogP contribution in [-0.4, -0.2) is 63.3 Å². The third-order valence-corrected chi connectivity index (χ3v) is 8.76. The van der Waals surface area contributed by atoms with Gasteiger partial charge in [-0.1, -0.05) is 142 Å². The Morgan fingerprint density at radius 1 is 0.256 bits per heavy atom. The number of halogens is 2. The molecule has 0 saturated heterocycles. The first-order chi connectivity index (χ1) is 17.8. The molecular weight excluding hydrogens is 519 g/mol. The predicted octanol–water partition coefficient (Wildman–Crippen LogP) is 4.94. The van der Waals surface area contributed by atoms with Crippen molar-refractivity contribution in [1.29, 1.82) is 0 Å². The molecule has 0 fully saturated rings. The van der Waals surface area contributed by atoms with Crippen LogP contribution in [0.4, 0.5) is 0 Å². The third kappa shape index (κ3) is 34.6. The van der Waals surface area contributed by atoms with Gasteiger partial charge in [-0.2, -0.15) is 0 Å². The van der Waals surface area contributed by atoms with Crippen molar-refractivity contribution in [1.82, 2.24) is 0 Å². The fraction of sp³-hybridized carbons (Fsp3) is 1.00. The Hall–Kier alpha value is 0.500. The first-order valence-electron chi connectivity index (χ1n) is 17.5. The molecule has 0 bridgehead atoms. The second kappa shape index (κ2) is 31.4. The Morgan fingerprint density at radius 2 is 0.436 bits per heavy atom. The highest BCUT2D eigenvalue weighted by Crippen LogP contribution is 2.15. The Kier molecular flexibility index (Phi) is 35.4. The summed E-state index contributed by atoms with van der Waals surface area (Å²) in [5.41, 5.74) is 0. The molecule has 0 aromatic carbocycles. The molecule has 0 aromatic rings. The maximum absolute atomic E-state index is 2.46. The van der Waals surface area contributed by atoms with Gasteiger partial charge < -0.3 is 33.8 Å². The van der Waals surface area contributed by atoms with E-state index in [1.165, 1.54) is 196 Å². The van der Waals surface area contributed by atoms with Crippen molar-refractivity contribution in [3.63, 3.8) is 0 Å². The summed E-state index contributed by atoms with van der Waals surface area (Å²) in [7, 11) is 9.85. The van der Waals surface area contributed by atoms with Crippen LogP contribution in [0.5, 0.6) is 0 Å². The van der Waals surface area contributed by atoms with Crippen molar-refractivity contribution in [2.24, 2.45) is 0 Å². The lowest BCUT2D eigenvalue weighted by molar-refractivity contribution is -0.909. The minimum absolute atomic E-state index is 0. The van der Waals surface area contributed by atoms with Crippen LogP contribution < -0.4 is 24.8 Å². The number of nitrogens with zero attached hydrogens (tertiary/aromatic N) is 2. The van der Waals surface area contributed by atoms with Gasteiger partial charge >= 0.3 is 0 Å². The Bertz CT molecular complexity index is 414. The Morgan fingerprint density at radius 3 is 0.667 bits per heavy atom. The molecule has 0 amide bonds. The van der Waals surface area contributed by atoms with Crippen molar-refractivity contribution >= 4 is 0 Å². The molecule has 0 spiro atoms. The summed E-state index contributed by atoms with van der Waals surface area (Å²) in [6, 6.07) is 0. The van der Waals surface area contributed by atoms with E-state index in [0.29, 0.717) is 0 Å². The fourth-order valence-electron chi connectivity index (χ4n) is 5.91. The smallest absolute Gasteiger partial charge is 0.0836 e. The average Bonchev–Trinajstić information content (AvgIpc) is 2.85. The molecule has 2 nitrogen and oxygen atoms in total. The van der Waals surface area contributed by atoms with E-state index in [4.69, 9.17) is 0 Å². The molecular formula is C35H76Cl2N2. The minimum Gasteiger partial charge on any atom is -1.00 e. The van der Waals surface area contributed by atoms with Crippen molar-refractivity contribution in [3.8, 4) is 0 Å². The van der Waals surface area contributed by atoms with Crippen LogP contribution in [0.2, 0.25) is 0 Å². The zero-order valence-electron chi connectivity index (χ0n) is 28.2. The molecule has 0 aliphatic heterocycles. The summed E-state index contributed by atoms with van der Waals surface area (Å²) < 4.78 is 2.44. The van der Waals surface area contributed by atoms with Gasteiger partial charge in [-0.3, -0.25) is 0 Å². The van der Waals surface area contributed by atoms with Crippen molar-refractivity contribution in [3.05, 3.63) is 0 Å². The quantitative estimate of drug-likeness (QED) is 0.0816. The fourth-order valence-corrected chi connectivity index (χ4v) is 5.91. The summed E-state index contributed by atoms with van der Waals surface area (Å²) in [5, 5.41) is 0. The molecule has 0 rings (SSSR count). The molecule has 0 N–H and O–H groups in total. The van der Waals surface area contributed by atoms with E-state index >= 15 is 0 Å². The topological polar surface area (TPSA) is 0 Å². The highest BCUT2D eigenvalue weighted by atomic mass is 35.5. The average molecular weight is 596 g/mol. The van der Waals surface area contributed by atoms with Crippen molar-refractivity contribution in [2.75, 3.05) is 54.4 Å². The van der Waals surface area contributed by atoms with Gasteiger partial charge in [0.2, 0.25) is 0 Å². The molecule has 0 heterocycles. The van der Waals surface area contributed by atoms with Gasteiger partial charge in [0.05, 0.1) is 54.4 Å². The van der Waals surface area contributed by atoms with E-state index in [-0.39, 0.29) is 24.8 Å². The molecule has 0 aromatic heterocycles. The SMILES string of the molecule is CCCCCCCCCCCCCC[N+](C)(C)CCC[N+](C)(C)CCCCCCCCCCCCCC.[Cl-].[Cl-]. The number of quaternary nitrogens is 2.